The Morgan fingerprint density at radius 2 is 2.21 bits per heavy atom. The van der Waals surface area contributed by atoms with E-state index in [0.717, 1.165) is 25.9 Å². The molecule has 0 aliphatic carbocycles. The van der Waals surface area contributed by atoms with Crippen molar-refractivity contribution in [1.29, 1.82) is 0 Å². The molecule has 1 saturated heterocycles. The van der Waals surface area contributed by atoms with Gasteiger partial charge in [-0.1, -0.05) is 0 Å². The Labute approximate surface area is 88.8 Å². The highest BCUT2D eigenvalue weighted by atomic mass is 32.2. The molecule has 0 bridgehead atoms. The van der Waals surface area contributed by atoms with Crippen molar-refractivity contribution in [2.75, 3.05) is 32.0 Å². The van der Waals surface area contributed by atoms with Crippen molar-refractivity contribution >= 4 is 17.7 Å². The average Bonchev–Trinajstić information content (AvgIpc) is 2.25. The highest BCUT2D eigenvalue weighted by Gasteiger charge is 2.14. The standard InChI is InChI=1S/C9H18N2O2S/c12-6-5-11-9(13)7-14-8-1-3-10-4-2-8/h8,10,12H,1-7H2,(H,11,13). The molecule has 0 radical (unpaired) electrons. The van der Waals surface area contributed by atoms with Gasteiger partial charge in [-0.15, -0.1) is 11.8 Å². The molecule has 0 atom stereocenters. The number of carbonyl (C=O) groups is 1. The number of aliphatic hydroxyl groups is 1. The van der Waals surface area contributed by atoms with E-state index in [0.29, 0.717) is 17.5 Å². The van der Waals surface area contributed by atoms with E-state index in [-0.39, 0.29) is 12.5 Å². The summed E-state index contributed by atoms with van der Waals surface area (Å²) in [5, 5.41) is 15.1. The van der Waals surface area contributed by atoms with Crippen LogP contribution >= 0.6 is 11.8 Å². The van der Waals surface area contributed by atoms with Gasteiger partial charge in [0.05, 0.1) is 12.4 Å². The number of piperidine rings is 1. The molecule has 5 heteroatoms. The highest BCUT2D eigenvalue weighted by molar-refractivity contribution is 8.00. The van der Waals surface area contributed by atoms with Gasteiger partial charge in [-0.3, -0.25) is 4.79 Å². The Balaban J connectivity index is 2.03. The van der Waals surface area contributed by atoms with Crippen molar-refractivity contribution in [3.8, 4) is 0 Å². The minimum Gasteiger partial charge on any atom is -0.395 e. The van der Waals surface area contributed by atoms with Crippen LogP contribution in [-0.2, 0) is 4.79 Å². The normalized spacial score (nSPS) is 18.1. The lowest BCUT2D eigenvalue weighted by Gasteiger charge is -2.21. The molecule has 1 rings (SSSR count). The number of hydrogen-bond acceptors (Lipinski definition) is 4. The van der Waals surface area contributed by atoms with E-state index in [2.05, 4.69) is 10.6 Å². The van der Waals surface area contributed by atoms with Gasteiger partial charge in [-0.25, -0.2) is 0 Å². The fourth-order valence-electron chi connectivity index (χ4n) is 1.40. The van der Waals surface area contributed by atoms with Gasteiger partial charge in [0.15, 0.2) is 0 Å². The van der Waals surface area contributed by atoms with Crippen LogP contribution < -0.4 is 10.6 Å². The molecule has 0 spiro atoms. The van der Waals surface area contributed by atoms with E-state index in [9.17, 15) is 4.79 Å². The predicted octanol–water partition coefficient (Wildman–Crippen LogP) is -0.420. The van der Waals surface area contributed by atoms with E-state index >= 15 is 0 Å². The van der Waals surface area contributed by atoms with Gasteiger partial charge < -0.3 is 15.7 Å². The van der Waals surface area contributed by atoms with Crippen LogP contribution in [0, 0.1) is 0 Å². The average molecular weight is 218 g/mol. The Bertz CT molecular complexity index is 172. The molecule has 0 aromatic heterocycles. The van der Waals surface area contributed by atoms with Crippen LogP contribution in [0.1, 0.15) is 12.8 Å². The van der Waals surface area contributed by atoms with E-state index in [1.54, 1.807) is 11.8 Å². The van der Waals surface area contributed by atoms with Crippen molar-refractivity contribution in [2.45, 2.75) is 18.1 Å². The third kappa shape index (κ3) is 4.83. The van der Waals surface area contributed by atoms with Gasteiger partial charge >= 0.3 is 0 Å². The van der Waals surface area contributed by atoms with Crippen molar-refractivity contribution in [2.24, 2.45) is 0 Å². The minimum atomic E-state index is 0.0176. The summed E-state index contributed by atoms with van der Waals surface area (Å²) >= 11 is 1.72. The minimum absolute atomic E-state index is 0.0176. The Morgan fingerprint density at radius 3 is 2.86 bits per heavy atom. The molecular formula is C9H18N2O2S. The molecule has 3 N–H and O–H groups in total. The van der Waals surface area contributed by atoms with Crippen LogP contribution in [0.5, 0.6) is 0 Å². The van der Waals surface area contributed by atoms with Gasteiger partial charge in [0.2, 0.25) is 5.91 Å². The second-order valence-electron chi connectivity index (χ2n) is 3.33. The van der Waals surface area contributed by atoms with Gasteiger partial charge in [-0.2, -0.15) is 0 Å². The SMILES string of the molecule is O=C(CSC1CCNCC1)NCCO. The smallest absolute Gasteiger partial charge is 0.230 e. The fourth-order valence-corrected chi connectivity index (χ4v) is 2.46. The summed E-state index contributed by atoms with van der Waals surface area (Å²) in [7, 11) is 0. The monoisotopic (exact) mass is 218 g/mol. The molecule has 82 valence electrons. The molecule has 1 aliphatic heterocycles. The van der Waals surface area contributed by atoms with Crippen LogP contribution in [-0.4, -0.2) is 48.3 Å². The quantitative estimate of drug-likeness (QED) is 0.586. The van der Waals surface area contributed by atoms with E-state index < -0.39 is 0 Å². The zero-order valence-electron chi connectivity index (χ0n) is 8.29. The Morgan fingerprint density at radius 1 is 1.50 bits per heavy atom. The van der Waals surface area contributed by atoms with Gasteiger partial charge in [0.25, 0.3) is 0 Å². The third-order valence-corrected chi connectivity index (χ3v) is 3.54. The van der Waals surface area contributed by atoms with Crippen molar-refractivity contribution in [3.05, 3.63) is 0 Å². The molecule has 4 nitrogen and oxygen atoms in total. The van der Waals surface area contributed by atoms with Crippen LogP contribution in [0.4, 0.5) is 0 Å². The molecule has 1 fully saturated rings. The largest absolute Gasteiger partial charge is 0.395 e. The zero-order valence-corrected chi connectivity index (χ0v) is 9.11. The summed E-state index contributed by atoms with van der Waals surface area (Å²) in [6.07, 6.45) is 2.30. The number of carbonyl (C=O) groups excluding carboxylic acids is 1. The highest BCUT2D eigenvalue weighted by Crippen LogP contribution is 2.19. The van der Waals surface area contributed by atoms with Crippen LogP contribution in [0.15, 0.2) is 0 Å². The second-order valence-corrected chi connectivity index (χ2v) is 4.62. The number of rotatable bonds is 5. The molecule has 0 saturated carbocycles. The first kappa shape index (κ1) is 11.8. The molecular weight excluding hydrogens is 200 g/mol. The summed E-state index contributed by atoms with van der Waals surface area (Å²) in [6.45, 7) is 2.52. The van der Waals surface area contributed by atoms with E-state index in [4.69, 9.17) is 5.11 Å². The summed E-state index contributed by atoms with van der Waals surface area (Å²) in [4.78, 5) is 11.2. The fraction of sp³-hybridized carbons (Fsp3) is 0.889. The van der Waals surface area contributed by atoms with E-state index in [1.807, 2.05) is 0 Å². The maximum atomic E-state index is 11.2. The second kappa shape index (κ2) is 7.09. The van der Waals surface area contributed by atoms with Gasteiger partial charge in [-0.05, 0) is 25.9 Å². The molecule has 0 aromatic carbocycles. The number of amides is 1. The van der Waals surface area contributed by atoms with Crippen LogP contribution in [0.3, 0.4) is 0 Å². The number of nitrogens with one attached hydrogen (secondary N) is 2. The van der Waals surface area contributed by atoms with E-state index in [1.165, 1.54) is 0 Å². The maximum Gasteiger partial charge on any atom is 0.230 e. The van der Waals surface area contributed by atoms with Gasteiger partial charge in [0.1, 0.15) is 0 Å². The summed E-state index contributed by atoms with van der Waals surface area (Å²) < 4.78 is 0. The number of thioether (sulfide) groups is 1. The third-order valence-electron chi connectivity index (χ3n) is 2.17. The first-order valence-corrected chi connectivity index (χ1v) is 6.07. The topological polar surface area (TPSA) is 61.4 Å². The van der Waals surface area contributed by atoms with Crippen molar-refractivity contribution in [3.63, 3.8) is 0 Å². The Kier molecular flexibility index (Phi) is 5.98. The lowest BCUT2D eigenvalue weighted by molar-refractivity contribution is -0.118. The van der Waals surface area contributed by atoms with Crippen LogP contribution in [0.25, 0.3) is 0 Å². The summed E-state index contributed by atoms with van der Waals surface area (Å²) in [6, 6.07) is 0. The molecule has 14 heavy (non-hydrogen) atoms. The zero-order chi connectivity index (χ0) is 10.2. The molecule has 0 unspecified atom stereocenters. The first-order valence-electron chi connectivity index (χ1n) is 5.03. The predicted molar refractivity (Wildman–Crippen MR) is 58.4 cm³/mol. The lowest BCUT2D eigenvalue weighted by Crippen LogP contribution is -2.32. The molecule has 1 aliphatic rings. The number of hydrogen-bond donors (Lipinski definition) is 3. The lowest BCUT2D eigenvalue weighted by atomic mass is 10.2. The first-order chi connectivity index (χ1) is 6.83. The van der Waals surface area contributed by atoms with Crippen molar-refractivity contribution < 1.29 is 9.90 Å². The molecule has 1 amide bonds. The Hall–Kier alpha value is -0.260. The molecule has 1 heterocycles. The van der Waals surface area contributed by atoms with Gasteiger partial charge in [0, 0.05) is 11.8 Å². The molecule has 0 aromatic rings. The maximum absolute atomic E-state index is 11.2. The van der Waals surface area contributed by atoms with Crippen LogP contribution in [0.2, 0.25) is 0 Å². The summed E-state index contributed by atoms with van der Waals surface area (Å²) in [5.41, 5.74) is 0. The van der Waals surface area contributed by atoms with Crippen molar-refractivity contribution in [1.82, 2.24) is 10.6 Å². The summed E-state index contributed by atoms with van der Waals surface area (Å²) in [5.74, 6) is 0.549. The number of aliphatic hydroxyl groups excluding tert-OH is 1.